The highest BCUT2D eigenvalue weighted by molar-refractivity contribution is 7.97. The van der Waals surface area contributed by atoms with Gasteiger partial charge in [0.1, 0.15) is 0 Å². The maximum absolute atomic E-state index is 5.46. The second-order valence-corrected chi connectivity index (χ2v) is 3.43. The second kappa shape index (κ2) is 3.83. The van der Waals surface area contributed by atoms with E-state index in [0.717, 1.165) is 15.8 Å². The Kier molecular flexibility index (Phi) is 2.53. The molecule has 0 aliphatic heterocycles. The molecular formula is C9H9N3OS. The second-order valence-electron chi connectivity index (χ2n) is 2.72. The number of aromatic nitrogens is 1. The average Bonchev–Trinajstić information content (AvgIpc) is 2.27. The molecule has 0 aliphatic carbocycles. The van der Waals surface area contributed by atoms with E-state index in [0.29, 0.717) is 5.75 Å². The lowest BCUT2D eigenvalue weighted by atomic mass is 10.2. The fourth-order valence-corrected chi connectivity index (χ4v) is 1.61. The monoisotopic (exact) mass is 207 g/mol. The van der Waals surface area contributed by atoms with Crippen LogP contribution in [-0.2, 0) is 0 Å². The molecule has 1 aromatic heterocycles. The van der Waals surface area contributed by atoms with Crippen LogP contribution in [0.4, 0.5) is 0 Å². The molecule has 0 amide bonds. The summed E-state index contributed by atoms with van der Waals surface area (Å²) in [6.45, 7) is 0. The lowest BCUT2D eigenvalue weighted by molar-refractivity contribution is 0.338. The lowest BCUT2D eigenvalue weighted by Crippen LogP contribution is -2.02. The Balaban J connectivity index is 2.70. The molecule has 14 heavy (non-hydrogen) atoms. The van der Waals surface area contributed by atoms with Gasteiger partial charge >= 0.3 is 0 Å². The van der Waals surface area contributed by atoms with E-state index >= 15 is 0 Å². The van der Waals surface area contributed by atoms with Gasteiger partial charge in [0.25, 0.3) is 0 Å². The number of nitrogens with two attached hydrogens (primary N) is 2. The highest BCUT2D eigenvalue weighted by atomic mass is 32.2. The predicted molar refractivity (Wildman–Crippen MR) is 56.6 cm³/mol. The van der Waals surface area contributed by atoms with Crippen molar-refractivity contribution in [3.63, 3.8) is 0 Å². The third kappa shape index (κ3) is 1.52. The van der Waals surface area contributed by atoms with E-state index in [1.54, 1.807) is 12.3 Å². The number of pyridine rings is 1. The topological polar surface area (TPSA) is 74.2 Å². The van der Waals surface area contributed by atoms with Crippen LogP contribution < -0.4 is 15.9 Å². The van der Waals surface area contributed by atoms with E-state index in [1.807, 2.05) is 18.2 Å². The van der Waals surface area contributed by atoms with Crippen LogP contribution >= 0.6 is 11.9 Å². The molecule has 72 valence electrons. The molecule has 0 fully saturated rings. The molecule has 5 heteroatoms. The first kappa shape index (κ1) is 9.26. The van der Waals surface area contributed by atoms with E-state index in [4.69, 9.17) is 15.9 Å². The maximum atomic E-state index is 5.46. The summed E-state index contributed by atoms with van der Waals surface area (Å²) in [4.78, 5) is 9.86. The summed E-state index contributed by atoms with van der Waals surface area (Å²) in [5.74, 6) is 5.74. The van der Waals surface area contributed by atoms with Gasteiger partial charge in [-0.25, -0.2) is 0 Å². The SMILES string of the molecule is NOc1ccnc2ccc(SN)cc12. The van der Waals surface area contributed by atoms with Gasteiger partial charge in [0.2, 0.25) is 0 Å². The van der Waals surface area contributed by atoms with Gasteiger partial charge in [-0.1, -0.05) is 0 Å². The smallest absolute Gasteiger partial charge is 0.157 e. The van der Waals surface area contributed by atoms with Gasteiger partial charge < -0.3 is 4.84 Å². The van der Waals surface area contributed by atoms with Crippen LogP contribution in [0.25, 0.3) is 10.9 Å². The lowest BCUT2D eigenvalue weighted by Gasteiger charge is -2.04. The molecule has 0 aliphatic rings. The van der Waals surface area contributed by atoms with Gasteiger partial charge in [-0.3, -0.25) is 10.1 Å². The summed E-state index contributed by atoms with van der Waals surface area (Å²) in [5, 5.41) is 6.32. The number of hydrogen-bond donors (Lipinski definition) is 2. The highest BCUT2D eigenvalue weighted by Crippen LogP contribution is 2.26. The Bertz CT molecular complexity index is 461. The number of nitrogens with zero attached hydrogens (tertiary/aromatic N) is 1. The summed E-state index contributed by atoms with van der Waals surface area (Å²) in [7, 11) is 0. The third-order valence-electron chi connectivity index (χ3n) is 1.94. The van der Waals surface area contributed by atoms with Crippen LogP contribution in [0.15, 0.2) is 35.4 Å². The Morgan fingerprint density at radius 1 is 1.29 bits per heavy atom. The van der Waals surface area contributed by atoms with Gasteiger partial charge in [0.05, 0.1) is 5.52 Å². The Hall–Kier alpha value is -1.30. The molecule has 0 bridgehead atoms. The first-order chi connectivity index (χ1) is 6.85. The minimum Gasteiger partial charge on any atom is -0.411 e. The number of benzene rings is 1. The van der Waals surface area contributed by atoms with Crippen LogP contribution in [0, 0.1) is 0 Å². The molecule has 0 radical (unpaired) electrons. The molecular weight excluding hydrogens is 198 g/mol. The summed E-state index contributed by atoms with van der Waals surface area (Å²) in [6.07, 6.45) is 1.65. The van der Waals surface area contributed by atoms with Gasteiger partial charge in [-0.05, 0) is 30.1 Å². The van der Waals surface area contributed by atoms with Crippen molar-refractivity contribution in [3.05, 3.63) is 30.5 Å². The van der Waals surface area contributed by atoms with E-state index in [-0.39, 0.29) is 0 Å². The molecule has 0 saturated heterocycles. The van der Waals surface area contributed by atoms with Crippen LogP contribution in [0.3, 0.4) is 0 Å². The summed E-state index contributed by atoms with van der Waals surface area (Å²) in [6, 6.07) is 7.40. The van der Waals surface area contributed by atoms with Gasteiger partial charge in [-0.15, -0.1) is 0 Å². The van der Waals surface area contributed by atoms with E-state index in [9.17, 15) is 0 Å². The standard InChI is InChI=1S/C9H9N3OS/c10-13-9-3-4-12-8-2-1-6(14-11)5-7(8)9/h1-5H,10-11H2. The van der Waals surface area contributed by atoms with Gasteiger partial charge in [0.15, 0.2) is 5.75 Å². The zero-order valence-electron chi connectivity index (χ0n) is 7.31. The van der Waals surface area contributed by atoms with Crippen LogP contribution in [-0.4, -0.2) is 4.98 Å². The fraction of sp³-hybridized carbons (Fsp3) is 0. The zero-order chi connectivity index (χ0) is 9.97. The molecule has 2 aromatic rings. The molecule has 0 spiro atoms. The van der Waals surface area contributed by atoms with Crippen LogP contribution in [0.2, 0.25) is 0 Å². The number of rotatable bonds is 2. The molecule has 1 heterocycles. The quantitative estimate of drug-likeness (QED) is 0.576. The Morgan fingerprint density at radius 3 is 2.86 bits per heavy atom. The molecule has 0 saturated carbocycles. The summed E-state index contributed by atoms with van der Waals surface area (Å²) < 4.78 is 0. The minimum absolute atomic E-state index is 0.603. The summed E-state index contributed by atoms with van der Waals surface area (Å²) >= 11 is 1.18. The fourth-order valence-electron chi connectivity index (χ4n) is 1.28. The van der Waals surface area contributed by atoms with Gasteiger partial charge in [0, 0.05) is 22.5 Å². The summed E-state index contributed by atoms with van der Waals surface area (Å²) in [5.41, 5.74) is 0.839. The van der Waals surface area contributed by atoms with Crippen LogP contribution in [0.5, 0.6) is 5.75 Å². The van der Waals surface area contributed by atoms with Crippen molar-refractivity contribution in [1.82, 2.24) is 4.98 Å². The van der Waals surface area contributed by atoms with Crippen molar-refractivity contribution in [1.29, 1.82) is 0 Å². The predicted octanol–water partition coefficient (Wildman–Crippen LogP) is 1.45. The van der Waals surface area contributed by atoms with Gasteiger partial charge in [-0.2, -0.15) is 5.90 Å². The first-order valence-electron chi connectivity index (χ1n) is 3.97. The van der Waals surface area contributed by atoms with Crippen molar-refractivity contribution in [2.75, 3.05) is 0 Å². The Morgan fingerprint density at radius 2 is 2.14 bits per heavy atom. The minimum atomic E-state index is 0.603. The average molecular weight is 207 g/mol. The van der Waals surface area contributed by atoms with E-state index in [1.165, 1.54) is 11.9 Å². The van der Waals surface area contributed by atoms with Crippen molar-refractivity contribution in [2.45, 2.75) is 4.90 Å². The normalized spacial score (nSPS) is 10.4. The van der Waals surface area contributed by atoms with Crippen LogP contribution in [0.1, 0.15) is 0 Å². The molecule has 1 aromatic carbocycles. The molecule has 0 unspecified atom stereocenters. The molecule has 4 N–H and O–H groups in total. The van der Waals surface area contributed by atoms with Crippen molar-refractivity contribution >= 4 is 22.9 Å². The van der Waals surface area contributed by atoms with Crippen molar-refractivity contribution in [2.24, 2.45) is 11.0 Å². The number of fused-ring (bicyclic) bond motifs is 1. The van der Waals surface area contributed by atoms with Crippen molar-refractivity contribution in [3.8, 4) is 5.75 Å². The van der Waals surface area contributed by atoms with E-state index in [2.05, 4.69) is 4.98 Å². The zero-order valence-corrected chi connectivity index (χ0v) is 8.12. The van der Waals surface area contributed by atoms with Crippen molar-refractivity contribution < 1.29 is 4.84 Å². The van der Waals surface area contributed by atoms with E-state index < -0.39 is 0 Å². The first-order valence-corrected chi connectivity index (χ1v) is 4.85. The highest BCUT2D eigenvalue weighted by Gasteiger charge is 2.03. The third-order valence-corrected chi connectivity index (χ3v) is 2.46. The Labute approximate surface area is 85.3 Å². The largest absolute Gasteiger partial charge is 0.411 e. The maximum Gasteiger partial charge on any atom is 0.157 e. The molecule has 4 nitrogen and oxygen atoms in total. The molecule has 0 atom stereocenters. The molecule has 2 rings (SSSR count). The number of hydrogen-bond acceptors (Lipinski definition) is 5.